The standard InChI is InChI=1S/C18H25NO5/c1-3-4-9-24-15-8-6-12(11-16(15)23-2)17(20)19-14-7-5-13(10-14)18(21)22/h6,8,11,13-14H,3-5,7,9-10H2,1-2H3,(H,19,20)(H,21,22)/t13-,14+/m0/s1. The number of aliphatic carboxylic acids is 1. The van der Waals surface area contributed by atoms with Crippen LogP contribution in [0, 0.1) is 5.92 Å². The Kier molecular flexibility index (Phi) is 6.46. The van der Waals surface area contributed by atoms with Crippen LogP contribution in [0.1, 0.15) is 49.4 Å². The molecule has 1 aliphatic rings. The summed E-state index contributed by atoms with van der Waals surface area (Å²) in [6, 6.07) is 4.99. The first kappa shape index (κ1) is 18.1. The Morgan fingerprint density at radius 3 is 2.71 bits per heavy atom. The lowest BCUT2D eigenvalue weighted by atomic mass is 10.1. The van der Waals surface area contributed by atoms with Gasteiger partial charge in [0.15, 0.2) is 11.5 Å². The van der Waals surface area contributed by atoms with Crippen LogP contribution in [-0.2, 0) is 4.79 Å². The molecule has 1 aromatic rings. The van der Waals surface area contributed by atoms with Crippen molar-refractivity contribution in [3.63, 3.8) is 0 Å². The SMILES string of the molecule is CCCCOc1ccc(C(=O)N[C@@H]2CC[C@H](C(=O)O)C2)cc1OC. The van der Waals surface area contributed by atoms with E-state index in [-0.39, 0.29) is 17.9 Å². The van der Waals surface area contributed by atoms with Crippen molar-refractivity contribution in [2.75, 3.05) is 13.7 Å². The maximum atomic E-state index is 12.4. The molecule has 0 unspecified atom stereocenters. The van der Waals surface area contributed by atoms with Crippen molar-refractivity contribution < 1.29 is 24.2 Å². The lowest BCUT2D eigenvalue weighted by Crippen LogP contribution is -2.33. The van der Waals surface area contributed by atoms with E-state index in [1.807, 2.05) is 0 Å². The number of rotatable bonds is 8. The van der Waals surface area contributed by atoms with Crippen molar-refractivity contribution in [1.82, 2.24) is 5.32 Å². The Morgan fingerprint density at radius 2 is 2.08 bits per heavy atom. The van der Waals surface area contributed by atoms with Crippen molar-refractivity contribution in [3.05, 3.63) is 23.8 Å². The maximum Gasteiger partial charge on any atom is 0.306 e. The largest absolute Gasteiger partial charge is 0.493 e. The second-order valence-corrected chi connectivity index (χ2v) is 6.09. The summed E-state index contributed by atoms with van der Waals surface area (Å²) in [7, 11) is 1.54. The first-order valence-corrected chi connectivity index (χ1v) is 8.39. The van der Waals surface area contributed by atoms with Gasteiger partial charge >= 0.3 is 5.97 Å². The van der Waals surface area contributed by atoms with Gasteiger partial charge in [-0.25, -0.2) is 0 Å². The predicted molar refractivity (Wildman–Crippen MR) is 89.6 cm³/mol. The fraction of sp³-hybridized carbons (Fsp3) is 0.556. The van der Waals surface area contributed by atoms with Crippen LogP contribution in [0.2, 0.25) is 0 Å². The highest BCUT2D eigenvalue weighted by Gasteiger charge is 2.30. The summed E-state index contributed by atoms with van der Waals surface area (Å²) in [5.41, 5.74) is 0.480. The first-order chi connectivity index (χ1) is 11.5. The van der Waals surface area contributed by atoms with E-state index in [9.17, 15) is 9.59 Å². The molecule has 6 nitrogen and oxygen atoms in total. The van der Waals surface area contributed by atoms with E-state index < -0.39 is 5.97 Å². The van der Waals surface area contributed by atoms with Crippen LogP contribution in [0.5, 0.6) is 11.5 Å². The minimum atomic E-state index is -0.790. The molecule has 0 radical (unpaired) electrons. The summed E-state index contributed by atoms with van der Waals surface area (Å²) in [5, 5.41) is 11.9. The van der Waals surface area contributed by atoms with Gasteiger partial charge in [-0.05, 0) is 43.9 Å². The zero-order valence-electron chi connectivity index (χ0n) is 14.2. The van der Waals surface area contributed by atoms with E-state index in [0.717, 1.165) is 12.8 Å². The number of hydrogen-bond acceptors (Lipinski definition) is 4. The van der Waals surface area contributed by atoms with Crippen LogP contribution in [0.25, 0.3) is 0 Å². The molecule has 24 heavy (non-hydrogen) atoms. The number of amides is 1. The van der Waals surface area contributed by atoms with Gasteiger partial charge in [-0.2, -0.15) is 0 Å². The molecule has 6 heteroatoms. The normalized spacial score (nSPS) is 19.8. The smallest absolute Gasteiger partial charge is 0.306 e. The molecular weight excluding hydrogens is 310 g/mol. The molecule has 2 rings (SSSR count). The van der Waals surface area contributed by atoms with E-state index in [2.05, 4.69) is 12.2 Å². The molecule has 1 amide bonds. The average Bonchev–Trinajstić information content (AvgIpc) is 3.04. The molecule has 2 atom stereocenters. The fourth-order valence-corrected chi connectivity index (χ4v) is 2.86. The zero-order valence-corrected chi connectivity index (χ0v) is 14.2. The monoisotopic (exact) mass is 335 g/mol. The van der Waals surface area contributed by atoms with E-state index in [1.165, 1.54) is 7.11 Å². The molecule has 0 heterocycles. The summed E-state index contributed by atoms with van der Waals surface area (Å²) in [4.78, 5) is 23.4. The van der Waals surface area contributed by atoms with E-state index in [1.54, 1.807) is 18.2 Å². The Morgan fingerprint density at radius 1 is 1.29 bits per heavy atom. The van der Waals surface area contributed by atoms with Gasteiger partial charge in [-0.15, -0.1) is 0 Å². The second-order valence-electron chi connectivity index (χ2n) is 6.09. The lowest BCUT2D eigenvalue weighted by molar-refractivity contribution is -0.141. The highest BCUT2D eigenvalue weighted by Crippen LogP contribution is 2.29. The number of carbonyl (C=O) groups excluding carboxylic acids is 1. The topological polar surface area (TPSA) is 84.9 Å². The van der Waals surface area contributed by atoms with Crippen molar-refractivity contribution in [2.24, 2.45) is 5.92 Å². The molecule has 0 saturated heterocycles. The van der Waals surface area contributed by atoms with Gasteiger partial charge in [-0.1, -0.05) is 13.3 Å². The van der Waals surface area contributed by atoms with Gasteiger partial charge in [0.05, 0.1) is 19.6 Å². The number of carbonyl (C=O) groups is 2. The van der Waals surface area contributed by atoms with Gasteiger partial charge in [0.25, 0.3) is 5.91 Å². The van der Waals surface area contributed by atoms with Crippen molar-refractivity contribution >= 4 is 11.9 Å². The summed E-state index contributed by atoms with van der Waals surface area (Å²) in [6.07, 6.45) is 3.78. The van der Waals surface area contributed by atoms with E-state index in [0.29, 0.717) is 42.9 Å². The van der Waals surface area contributed by atoms with E-state index >= 15 is 0 Å². The predicted octanol–water partition coefficient (Wildman–Crippen LogP) is 2.86. The quantitative estimate of drug-likeness (QED) is 0.714. The number of carboxylic acids is 1. The molecule has 0 bridgehead atoms. The summed E-state index contributed by atoms with van der Waals surface area (Å²) < 4.78 is 11.0. The van der Waals surface area contributed by atoms with Crippen LogP contribution in [0.3, 0.4) is 0 Å². The van der Waals surface area contributed by atoms with Gasteiger partial charge in [0, 0.05) is 11.6 Å². The molecule has 132 valence electrons. The van der Waals surface area contributed by atoms with Gasteiger partial charge < -0.3 is 19.9 Å². The van der Waals surface area contributed by atoms with Gasteiger partial charge in [-0.3, -0.25) is 9.59 Å². The number of unbranched alkanes of at least 4 members (excludes halogenated alkanes) is 1. The van der Waals surface area contributed by atoms with Crippen LogP contribution < -0.4 is 14.8 Å². The molecular formula is C18H25NO5. The molecule has 0 aromatic heterocycles. The fourth-order valence-electron chi connectivity index (χ4n) is 2.86. The molecule has 1 fully saturated rings. The van der Waals surface area contributed by atoms with Crippen molar-refractivity contribution in [2.45, 2.75) is 45.1 Å². The summed E-state index contributed by atoms with van der Waals surface area (Å²) in [6.45, 7) is 2.70. The zero-order chi connectivity index (χ0) is 17.5. The molecule has 2 N–H and O–H groups in total. The molecule has 1 aliphatic carbocycles. The minimum absolute atomic E-state index is 0.0925. The van der Waals surface area contributed by atoms with Crippen molar-refractivity contribution in [1.29, 1.82) is 0 Å². The summed E-state index contributed by atoms with van der Waals surface area (Å²) >= 11 is 0. The number of benzene rings is 1. The number of hydrogen-bond donors (Lipinski definition) is 2. The van der Waals surface area contributed by atoms with Crippen molar-refractivity contribution in [3.8, 4) is 11.5 Å². The molecule has 1 saturated carbocycles. The summed E-state index contributed by atoms with van der Waals surface area (Å²) in [5.74, 6) is -0.228. The Bertz CT molecular complexity index is 587. The number of ether oxygens (including phenoxy) is 2. The Hall–Kier alpha value is -2.24. The number of carboxylic acid groups (broad SMARTS) is 1. The van der Waals surface area contributed by atoms with Crippen LogP contribution in [-0.4, -0.2) is 36.7 Å². The van der Waals surface area contributed by atoms with Crippen LogP contribution in [0.15, 0.2) is 18.2 Å². The maximum absolute atomic E-state index is 12.4. The lowest BCUT2D eigenvalue weighted by Gasteiger charge is -2.15. The number of methoxy groups -OCH3 is 1. The van der Waals surface area contributed by atoms with E-state index in [4.69, 9.17) is 14.6 Å². The third-order valence-electron chi connectivity index (χ3n) is 4.30. The highest BCUT2D eigenvalue weighted by molar-refractivity contribution is 5.95. The van der Waals surface area contributed by atoms with Gasteiger partial charge in [0.1, 0.15) is 0 Å². The molecule has 0 aliphatic heterocycles. The highest BCUT2D eigenvalue weighted by atomic mass is 16.5. The Balaban J connectivity index is 1.98. The third kappa shape index (κ3) is 4.63. The number of nitrogens with one attached hydrogen (secondary N) is 1. The average molecular weight is 335 g/mol. The molecule has 1 aromatic carbocycles. The second kappa shape index (κ2) is 8.57. The minimum Gasteiger partial charge on any atom is -0.493 e. The Labute approximate surface area is 142 Å². The third-order valence-corrected chi connectivity index (χ3v) is 4.30. The van der Waals surface area contributed by atoms with Crippen LogP contribution >= 0.6 is 0 Å². The van der Waals surface area contributed by atoms with Crippen LogP contribution in [0.4, 0.5) is 0 Å². The first-order valence-electron chi connectivity index (χ1n) is 8.39. The van der Waals surface area contributed by atoms with Gasteiger partial charge in [0.2, 0.25) is 0 Å². The molecule has 0 spiro atoms.